The molecular formula is C12H26N6. The van der Waals surface area contributed by atoms with Crippen molar-refractivity contribution in [1.82, 2.24) is 25.1 Å². The molecule has 18 heavy (non-hydrogen) atoms. The van der Waals surface area contributed by atoms with E-state index in [9.17, 15) is 0 Å². The Bertz CT molecular complexity index is 346. The maximum atomic E-state index is 5.75. The highest BCUT2D eigenvalue weighted by atomic mass is 15.5. The topological polar surface area (TPSA) is 72.9 Å². The quantitative estimate of drug-likeness (QED) is 0.746. The summed E-state index contributed by atoms with van der Waals surface area (Å²) in [6.45, 7) is 9.78. The molecular weight excluding hydrogens is 228 g/mol. The second-order valence-corrected chi connectivity index (χ2v) is 5.71. The second kappa shape index (κ2) is 6.80. The van der Waals surface area contributed by atoms with Crippen LogP contribution < -0.4 is 5.73 Å². The van der Waals surface area contributed by atoms with Gasteiger partial charge in [0.25, 0.3) is 0 Å². The molecule has 0 aliphatic carbocycles. The lowest BCUT2D eigenvalue weighted by Crippen LogP contribution is -2.36. The van der Waals surface area contributed by atoms with Crippen LogP contribution in [0.2, 0.25) is 0 Å². The van der Waals surface area contributed by atoms with Gasteiger partial charge in [0.15, 0.2) is 5.82 Å². The first kappa shape index (κ1) is 15.0. The molecule has 0 atom stereocenters. The number of nitrogens with two attached hydrogens (primary N) is 1. The fourth-order valence-corrected chi connectivity index (χ4v) is 1.91. The lowest BCUT2D eigenvalue weighted by Gasteiger charge is -2.28. The zero-order valence-electron chi connectivity index (χ0n) is 12.1. The Labute approximate surface area is 110 Å². The Kier molecular flexibility index (Phi) is 5.68. The molecule has 1 aromatic heterocycles. The maximum Gasteiger partial charge on any atom is 0.165 e. The molecule has 0 aliphatic rings. The molecule has 0 bridgehead atoms. The molecule has 0 unspecified atom stereocenters. The van der Waals surface area contributed by atoms with E-state index in [1.165, 1.54) is 0 Å². The van der Waals surface area contributed by atoms with E-state index in [0.717, 1.165) is 38.3 Å². The SMILES string of the molecule is CCCCn1nnnc1CN(C)CC(C)(C)CN. The average molecular weight is 254 g/mol. The van der Waals surface area contributed by atoms with Crippen LogP contribution in [0, 0.1) is 5.41 Å². The molecule has 1 rings (SSSR count). The van der Waals surface area contributed by atoms with Crippen LogP contribution in [0.5, 0.6) is 0 Å². The number of hydrogen-bond donors (Lipinski definition) is 1. The largest absolute Gasteiger partial charge is 0.330 e. The number of aryl methyl sites for hydroxylation is 1. The minimum Gasteiger partial charge on any atom is -0.330 e. The minimum atomic E-state index is 0.121. The normalized spacial score (nSPS) is 12.3. The van der Waals surface area contributed by atoms with Gasteiger partial charge in [-0.3, -0.25) is 4.90 Å². The molecule has 1 heterocycles. The van der Waals surface area contributed by atoms with Crippen molar-refractivity contribution in [2.75, 3.05) is 20.1 Å². The van der Waals surface area contributed by atoms with Gasteiger partial charge in [0.1, 0.15) is 0 Å². The van der Waals surface area contributed by atoms with Gasteiger partial charge in [0, 0.05) is 13.1 Å². The third-order valence-electron chi connectivity index (χ3n) is 2.99. The number of tetrazole rings is 1. The lowest BCUT2D eigenvalue weighted by atomic mass is 9.93. The Morgan fingerprint density at radius 1 is 1.39 bits per heavy atom. The highest BCUT2D eigenvalue weighted by molar-refractivity contribution is 4.82. The van der Waals surface area contributed by atoms with Crippen LogP contribution >= 0.6 is 0 Å². The van der Waals surface area contributed by atoms with Crippen LogP contribution in [0.4, 0.5) is 0 Å². The van der Waals surface area contributed by atoms with Gasteiger partial charge < -0.3 is 5.73 Å². The van der Waals surface area contributed by atoms with Crippen molar-refractivity contribution in [3.8, 4) is 0 Å². The number of hydrogen-bond acceptors (Lipinski definition) is 5. The van der Waals surface area contributed by atoms with Crippen molar-refractivity contribution >= 4 is 0 Å². The van der Waals surface area contributed by atoms with Crippen LogP contribution in [0.15, 0.2) is 0 Å². The van der Waals surface area contributed by atoms with Gasteiger partial charge in [0.2, 0.25) is 0 Å². The summed E-state index contributed by atoms with van der Waals surface area (Å²) in [6, 6.07) is 0. The number of unbranched alkanes of at least 4 members (excludes halogenated alkanes) is 1. The summed E-state index contributed by atoms with van der Waals surface area (Å²) in [5.74, 6) is 0.929. The van der Waals surface area contributed by atoms with E-state index in [4.69, 9.17) is 5.73 Å². The molecule has 6 nitrogen and oxygen atoms in total. The van der Waals surface area contributed by atoms with Gasteiger partial charge in [-0.15, -0.1) is 5.10 Å². The summed E-state index contributed by atoms with van der Waals surface area (Å²) in [4.78, 5) is 2.22. The Hall–Kier alpha value is -1.01. The molecule has 1 aromatic rings. The summed E-state index contributed by atoms with van der Waals surface area (Å²) in [7, 11) is 2.08. The first-order valence-corrected chi connectivity index (χ1v) is 6.62. The lowest BCUT2D eigenvalue weighted by molar-refractivity contribution is 0.203. The minimum absolute atomic E-state index is 0.121. The summed E-state index contributed by atoms with van der Waals surface area (Å²) in [5.41, 5.74) is 5.87. The van der Waals surface area contributed by atoms with Gasteiger partial charge in [0.05, 0.1) is 6.54 Å². The molecule has 0 fully saturated rings. The van der Waals surface area contributed by atoms with Gasteiger partial charge in [-0.1, -0.05) is 27.2 Å². The fourth-order valence-electron chi connectivity index (χ4n) is 1.91. The van der Waals surface area contributed by atoms with Crippen molar-refractivity contribution in [2.24, 2.45) is 11.1 Å². The molecule has 104 valence electrons. The van der Waals surface area contributed by atoms with E-state index in [1.54, 1.807) is 0 Å². The second-order valence-electron chi connectivity index (χ2n) is 5.71. The van der Waals surface area contributed by atoms with E-state index >= 15 is 0 Å². The third kappa shape index (κ3) is 4.70. The predicted octanol–water partition coefficient (Wildman–Crippen LogP) is 0.890. The van der Waals surface area contributed by atoms with E-state index < -0.39 is 0 Å². The van der Waals surface area contributed by atoms with Gasteiger partial charge in [-0.25, -0.2) is 4.68 Å². The van der Waals surface area contributed by atoms with E-state index in [-0.39, 0.29) is 5.41 Å². The average Bonchev–Trinajstić information content (AvgIpc) is 2.73. The van der Waals surface area contributed by atoms with E-state index in [2.05, 4.69) is 48.2 Å². The van der Waals surface area contributed by atoms with Crippen molar-refractivity contribution in [3.63, 3.8) is 0 Å². The molecule has 0 saturated carbocycles. The number of nitrogens with zero attached hydrogens (tertiary/aromatic N) is 5. The monoisotopic (exact) mass is 254 g/mol. The van der Waals surface area contributed by atoms with Crippen molar-refractivity contribution in [1.29, 1.82) is 0 Å². The van der Waals surface area contributed by atoms with Crippen LogP contribution in [0.1, 0.15) is 39.4 Å². The van der Waals surface area contributed by atoms with Crippen LogP contribution in [0.3, 0.4) is 0 Å². The van der Waals surface area contributed by atoms with Gasteiger partial charge in [-0.05, 0) is 35.9 Å². The third-order valence-corrected chi connectivity index (χ3v) is 2.99. The molecule has 0 aromatic carbocycles. The smallest absolute Gasteiger partial charge is 0.165 e. The first-order chi connectivity index (χ1) is 8.48. The van der Waals surface area contributed by atoms with Crippen LogP contribution in [-0.4, -0.2) is 45.2 Å². The zero-order chi connectivity index (χ0) is 13.6. The fraction of sp³-hybridized carbons (Fsp3) is 0.917. The van der Waals surface area contributed by atoms with E-state index in [0.29, 0.717) is 6.54 Å². The summed E-state index contributed by atoms with van der Waals surface area (Å²) in [6.07, 6.45) is 2.26. The molecule has 0 spiro atoms. The molecule has 0 saturated heterocycles. The number of aromatic nitrogens is 4. The maximum absolute atomic E-state index is 5.75. The van der Waals surface area contributed by atoms with Gasteiger partial charge >= 0.3 is 0 Å². The highest BCUT2D eigenvalue weighted by Gasteiger charge is 2.19. The molecule has 2 N–H and O–H groups in total. The zero-order valence-corrected chi connectivity index (χ0v) is 12.1. The predicted molar refractivity (Wildman–Crippen MR) is 71.9 cm³/mol. The molecule has 6 heteroatoms. The molecule has 0 amide bonds. The van der Waals surface area contributed by atoms with E-state index in [1.807, 2.05) is 4.68 Å². The highest BCUT2D eigenvalue weighted by Crippen LogP contribution is 2.14. The van der Waals surface area contributed by atoms with Crippen molar-refractivity contribution < 1.29 is 0 Å². The Balaban J connectivity index is 2.53. The first-order valence-electron chi connectivity index (χ1n) is 6.62. The molecule has 0 aliphatic heterocycles. The standard InChI is InChI=1S/C12H26N6/c1-5-6-7-18-11(14-15-16-18)8-17(4)10-12(2,3)9-13/h5-10,13H2,1-4H3. The van der Waals surface area contributed by atoms with Crippen molar-refractivity contribution in [3.05, 3.63) is 5.82 Å². The van der Waals surface area contributed by atoms with Crippen LogP contribution in [-0.2, 0) is 13.1 Å². The van der Waals surface area contributed by atoms with Crippen molar-refractivity contribution in [2.45, 2.75) is 46.7 Å². The Morgan fingerprint density at radius 2 is 2.11 bits per heavy atom. The summed E-state index contributed by atoms with van der Waals surface area (Å²) >= 11 is 0. The summed E-state index contributed by atoms with van der Waals surface area (Å²) in [5, 5.41) is 11.9. The number of rotatable bonds is 8. The molecule has 0 radical (unpaired) electrons. The van der Waals surface area contributed by atoms with Crippen LogP contribution in [0.25, 0.3) is 0 Å². The summed E-state index contributed by atoms with van der Waals surface area (Å²) < 4.78 is 1.90. The Morgan fingerprint density at radius 3 is 2.72 bits per heavy atom. The van der Waals surface area contributed by atoms with Gasteiger partial charge in [-0.2, -0.15) is 0 Å².